The molecule has 3 aromatic rings. The van der Waals surface area contributed by atoms with Gasteiger partial charge in [0.1, 0.15) is 25.6 Å². The van der Waals surface area contributed by atoms with E-state index in [1.807, 2.05) is 54.4 Å². The summed E-state index contributed by atoms with van der Waals surface area (Å²) in [5, 5.41) is 2.82. The van der Waals surface area contributed by atoms with Crippen molar-refractivity contribution in [1.82, 2.24) is 20.0 Å². The first-order valence-electron chi connectivity index (χ1n) is 33.7. The van der Waals surface area contributed by atoms with Crippen LogP contribution < -0.4 is 19.5 Å². The zero-order chi connectivity index (χ0) is 68.9. The Labute approximate surface area is 574 Å². The van der Waals surface area contributed by atoms with Gasteiger partial charge in [-0.05, 0) is 91.3 Å². The van der Waals surface area contributed by atoms with Crippen molar-refractivity contribution in [1.29, 1.82) is 0 Å². The van der Waals surface area contributed by atoms with Crippen molar-refractivity contribution in [3.63, 3.8) is 0 Å². The SMILES string of the molecule is C=C1C[C@H]2C=Nc3cc(OCc4cc(C=COCCOCCOCCOCCOCCOCCOCCOCCOCCOCCOCCOCCNC(=O)CCCCCN5C(=O)C=CC5=O)cc(COc5cc6c(cc5OC)C(=O)N5CC(=C)C[C@H]5C=N6)c4)c(C)cc3C(=O)N2C1. The maximum absolute atomic E-state index is 13.6. The van der Waals surface area contributed by atoms with Gasteiger partial charge in [0.15, 0.2) is 11.5 Å². The lowest BCUT2D eigenvalue weighted by atomic mass is 10.1. The Hall–Kier alpha value is -7.73. The van der Waals surface area contributed by atoms with Gasteiger partial charge in [-0.25, -0.2) is 0 Å². The van der Waals surface area contributed by atoms with Gasteiger partial charge in [0, 0.05) is 69.3 Å². The molecule has 5 aliphatic rings. The quantitative estimate of drug-likeness (QED) is 0.0260. The van der Waals surface area contributed by atoms with Crippen molar-refractivity contribution in [2.24, 2.45) is 9.98 Å². The summed E-state index contributed by atoms with van der Waals surface area (Å²) < 4.78 is 85.7. The minimum Gasteiger partial charge on any atom is -0.499 e. The Kier molecular flexibility index (Phi) is 33.3. The average molecular weight is 1370 g/mol. The second-order valence-electron chi connectivity index (χ2n) is 23.5. The molecular weight excluding hydrogens is 1270 g/mol. The number of benzene rings is 3. The highest BCUT2D eigenvalue weighted by Crippen LogP contribution is 2.40. The molecule has 8 rings (SSSR count). The molecule has 0 unspecified atom stereocenters. The molecule has 534 valence electrons. The van der Waals surface area contributed by atoms with Crippen LogP contribution in [0.15, 0.2) is 95.2 Å². The van der Waals surface area contributed by atoms with Gasteiger partial charge in [0.05, 0.1) is 193 Å². The van der Waals surface area contributed by atoms with Crippen molar-refractivity contribution < 1.29 is 95.0 Å². The van der Waals surface area contributed by atoms with Crippen LogP contribution in [0.2, 0.25) is 0 Å². The fraction of sp³-hybridized carbons (Fsp3) is 0.542. The number of methoxy groups -OCH3 is 1. The molecule has 5 heterocycles. The van der Waals surface area contributed by atoms with Gasteiger partial charge in [-0.15, -0.1) is 0 Å². The Bertz CT molecular complexity index is 3190. The van der Waals surface area contributed by atoms with Crippen LogP contribution in [-0.2, 0) is 84.4 Å². The first kappa shape index (κ1) is 76.0. The number of ether oxygens (including phenoxy) is 15. The fourth-order valence-corrected chi connectivity index (χ4v) is 10.9. The molecule has 3 aromatic carbocycles. The van der Waals surface area contributed by atoms with E-state index in [1.165, 1.54) is 17.1 Å². The molecule has 0 spiro atoms. The highest BCUT2D eigenvalue weighted by molar-refractivity contribution is 6.13. The second-order valence-corrected chi connectivity index (χ2v) is 23.5. The van der Waals surface area contributed by atoms with Crippen LogP contribution in [0.5, 0.6) is 17.2 Å². The Morgan fingerprint density at radius 1 is 0.520 bits per heavy atom. The number of imide groups is 1. The van der Waals surface area contributed by atoms with Crippen LogP contribution >= 0.6 is 0 Å². The minimum atomic E-state index is -0.279. The summed E-state index contributed by atoms with van der Waals surface area (Å²) in [6.45, 7) is 22.1. The van der Waals surface area contributed by atoms with Crippen LogP contribution in [0, 0.1) is 6.92 Å². The van der Waals surface area contributed by atoms with E-state index in [9.17, 15) is 24.0 Å². The highest BCUT2D eigenvalue weighted by Gasteiger charge is 2.36. The number of hydrogen-bond acceptors (Lipinski definition) is 22. The summed E-state index contributed by atoms with van der Waals surface area (Å²) in [6, 6.07) is 12.9. The minimum absolute atomic E-state index is 0.0528. The Morgan fingerprint density at radius 3 is 1.42 bits per heavy atom. The third kappa shape index (κ3) is 25.8. The number of aryl methyl sites for hydroxylation is 1. The zero-order valence-electron chi connectivity index (χ0n) is 56.7. The third-order valence-corrected chi connectivity index (χ3v) is 16.0. The molecule has 1 N–H and O–H groups in total. The van der Waals surface area contributed by atoms with E-state index in [0.29, 0.717) is 250 Å². The van der Waals surface area contributed by atoms with Gasteiger partial charge in [0.25, 0.3) is 23.6 Å². The summed E-state index contributed by atoms with van der Waals surface area (Å²) in [7, 11) is 1.54. The molecule has 0 aliphatic carbocycles. The van der Waals surface area contributed by atoms with Gasteiger partial charge in [0.2, 0.25) is 5.91 Å². The number of carbonyl (C=O) groups excluding carboxylic acids is 5. The zero-order valence-corrected chi connectivity index (χ0v) is 56.7. The average Bonchev–Trinajstić information content (AvgIpc) is 1.60. The first-order valence-corrected chi connectivity index (χ1v) is 33.7. The lowest BCUT2D eigenvalue weighted by molar-refractivity contribution is -0.137. The topological polar surface area (TPSA) is 270 Å². The van der Waals surface area contributed by atoms with Gasteiger partial charge >= 0.3 is 0 Å². The largest absolute Gasteiger partial charge is 0.499 e. The molecule has 2 saturated heterocycles. The molecule has 5 aliphatic heterocycles. The normalized spacial score (nSPS) is 16.3. The molecule has 0 radical (unpaired) electrons. The molecule has 26 heteroatoms. The van der Waals surface area contributed by atoms with Crippen molar-refractivity contribution >= 4 is 59.4 Å². The molecule has 2 fully saturated rings. The lowest BCUT2D eigenvalue weighted by Gasteiger charge is -2.20. The summed E-state index contributed by atoms with van der Waals surface area (Å²) in [6.07, 6.45) is 13.5. The van der Waals surface area contributed by atoms with E-state index in [4.69, 9.17) is 81.0 Å². The van der Waals surface area contributed by atoms with Crippen molar-refractivity contribution in [3.05, 3.63) is 119 Å². The van der Waals surface area contributed by atoms with E-state index in [2.05, 4.69) is 18.5 Å². The van der Waals surface area contributed by atoms with E-state index in [-0.39, 0.29) is 54.8 Å². The van der Waals surface area contributed by atoms with Gasteiger partial charge in [-0.1, -0.05) is 30.7 Å². The monoisotopic (exact) mass is 1360 g/mol. The Morgan fingerprint density at radius 2 is 0.949 bits per heavy atom. The fourth-order valence-electron chi connectivity index (χ4n) is 10.9. The maximum atomic E-state index is 13.6. The van der Waals surface area contributed by atoms with E-state index < -0.39 is 0 Å². The number of unbranched alkanes of at least 4 members (excludes halogenated alkanes) is 2. The smallest absolute Gasteiger partial charge is 0.257 e. The molecule has 0 bridgehead atoms. The number of nitrogens with zero attached hydrogens (tertiary/aromatic N) is 5. The summed E-state index contributed by atoms with van der Waals surface area (Å²) in [4.78, 5) is 76.5. The molecule has 5 amide bonds. The number of hydrogen-bond donors (Lipinski definition) is 1. The van der Waals surface area contributed by atoms with Crippen molar-refractivity contribution in [2.45, 2.75) is 70.7 Å². The number of fused-ring (bicyclic) bond motifs is 4. The predicted molar refractivity (Wildman–Crippen MR) is 364 cm³/mol. The number of aliphatic imine (C=N–C) groups is 2. The van der Waals surface area contributed by atoms with Crippen molar-refractivity contribution in [3.8, 4) is 17.2 Å². The molecule has 0 saturated carbocycles. The Balaban J connectivity index is 0.588. The maximum Gasteiger partial charge on any atom is 0.257 e. The first-order chi connectivity index (χ1) is 47.9. The number of amides is 5. The summed E-state index contributed by atoms with van der Waals surface area (Å²) >= 11 is 0. The highest BCUT2D eigenvalue weighted by atomic mass is 16.6. The molecule has 0 aromatic heterocycles. The standard InChI is InChI=1S/C72H96N6O20/c1-53-38-59-47-74-63-45-65(55(3)40-61(63)71(82)77(59)49-53)97-51-57-41-56(42-58(43-57)52-98-67-46-64-62(44-66(67)84-4)72(83)78-50-54(2)39-60(78)48-75-64)11-14-85-16-18-87-20-22-89-24-26-91-28-30-93-32-34-95-36-37-96-35-33-94-31-29-92-27-25-90-23-21-88-19-17-86-15-12-73-68(79)8-6-5-7-13-76-69(80)9-10-70(76)81/h9-11,14,40-48,59-60H,1-2,5-8,12-13,15-39,49-52H2,3-4H3,(H,73,79)/t59-,60-/m0/s1. The van der Waals surface area contributed by atoms with Gasteiger partial charge < -0.3 is 86.2 Å². The molecule has 98 heavy (non-hydrogen) atoms. The van der Waals surface area contributed by atoms with Crippen LogP contribution in [0.25, 0.3) is 6.08 Å². The molecular formula is C72H96N6O20. The molecule has 2 atom stereocenters. The van der Waals surface area contributed by atoms with E-state index >= 15 is 0 Å². The van der Waals surface area contributed by atoms with Crippen LogP contribution in [-0.4, -0.2) is 254 Å². The summed E-state index contributed by atoms with van der Waals surface area (Å²) in [5.74, 6) is 0.671. The number of carbonyl (C=O) groups is 5. The number of nitrogens with one attached hydrogen (secondary N) is 1. The lowest BCUT2D eigenvalue weighted by Crippen LogP contribution is -2.35. The number of rotatable bonds is 51. The molecule has 26 nitrogen and oxygen atoms in total. The predicted octanol–water partition coefficient (Wildman–Crippen LogP) is 6.91. The summed E-state index contributed by atoms with van der Waals surface area (Å²) in [5.41, 5.74) is 7.43. The van der Waals surface area contributed by atoms with E-state index in [0.717, 1.165) is 39.8 Å². The van der Waals surface area contributed by atoms with Crippen LogP contribution in [0.4, 0.5) is 11.4 Å². The van der Waals surface area contributed by atoms with Crippen LogP contribution in [0.3, 0.4) is 0 Å². The van der Waals surface area contributed by atoms with Crippen molar-refractivity contribution in [2.75, 3.05) is 185 Å². The van der Waals surface area contributed by atoms with E-state index in [1.54, 1.807) is 36.6 Å². The van der Waals surface area contributed by atoms with Gasteiger partial charge in [-0.3, -0.25) is 38.9 Å². The van der Waals surface area contributed by atoms with Gasteiger partial charge in [-0.2, -0.15) is 0 Å². The second kappa shape index (κ2) is 42.9. The third-order valence-electron chi connectivity index (χ3n) is 16.0. The van der Waals surface area contributed by atoms with Crippen LogP contribution in [0.1, 0.15) is 81.5 Å².